The molecule has 4 rings (SSSR count). The minimum atomic E-state index is -0.0531. The number of piperidine rings is 2. The van der Waals surface area contributed by atoms with E-state index in [1.807, 2.05) is 24.3 Å². The van der Waals surface area contributed by atoms with Crippen molar-refractivity contribution in [3.8, 4) is 0 Å². The summed E-state index contributed by atoms with van der Waals surface area (Å²) in [6.45, 7) is 5.68. The van der Waals surface area contributed by atoms with Crippen molar-refractivity contribution in [2.45, 2.75) is 63.3 Å². The average Bonchev–Trinajstić information content (AvgIpc) is 2.92. The first-order chi connectivity index (χ1) is 17.1. The zero-order valence-electron chi connectivity index (χ0n) is 20.7. The lowest BCUT2D eigenvalue weighted by atomic mass is 9.94. The van der Waals surface area contributed by atoms with Gasteiger partial charge in [0.15, 0.2) is 5.82 Å². The molecule has 1 N–H and O–H groups in total. The van der Waals surface area contributed by atoms with Crippen LogP contribution < -0.4 is 10.2 Å². The number of amides is 2. The van der Waals surface area contributed by atoms with E-state index in [0.29, 0.717) is 5.91 Å². The van der Waals surface area contributed by atoms with E-state index in [-0.39, 0.29) is 17.6 Å². The van der Waals surface area contributed by atoms with Gasteiger partial charge in [0.05, 0.1) is 5.75 Å². The van der Waals surface area contributed by atoms with Crippen LogP contribution in [0.4, 0.5) is 11.5 Å². The molecule has 1 aromatic carbocycles. The number of rotatable bonds is 9. The van der Waals surface area contributed by atoms with Crippen molar-refractivity contribution in [3.05, 3.63) is 42.0 Å². The molecule has 2 amide bonds. The number of carbonyl (C=O) groups excluding carboxylic acids is 2. The zero-order chi connectivity index (χ0) is 24.5. The fourth-order valence-electron chi connectivity index (χ4n) is 4.76. The Labute approximate surface area is 213 Å². The summed E-state index contributed by atoms with van der Waals surface area (Å²) in [5.41, 5.74) is 2.12. The van der Waals surface area contributed by atoms with Crippen LogP contribution in [0.15, 0.2) is 41.4 Å². The van der Waals surface area contributed by atoms with Crippen molar-refractivity contribution in [2.24, 2.45) is 5.92 Å². The Balaban J connectivity index is 1.19. The number of hydrogen-bond donors (Lipinski definition) is 1. The molecular formula is C27H37N5O2S. The number of nitrogens with one attached hydrogen (secondary N) is 1. The number of likely N-dealkylation sites (tertiary alicyclic amines) is 1. The summed E-state index contributed by atoms with van der Waals surface area (Å²) in [6.07, 6.45) is 8.69. The molecule has 7 nitrogen and oxygen atoms in total. The highest BCUT2D eigenvalue weighted by atomic mass is 32.2. The van der Waals surface area contributed by atoms with Crippen LogP contribution in [0.25, 0.3) is 0 Å². The Morgan fingerprint density at radius 1 is 0.971 bits per heavy atom. The summed E-state index contributed by atoms with van der Waals surface area (Å²) >= 11 is 1.38. The normalized spacial score (nSPS) is 16.8. The number of unbranched alkanes of at least 4 members (excludes halogenated alkanes) is 1. The SMILES string of the molecule is CCCCc1ccc(NC(=O)CSc2ccc(N3CCC(C(=O)N4CCCCC4)CC3)nn2)cc1. The molecule has 8 heteroatoms. The molecule has 0 aliphatic carbocycles. The number of thioether (sulfide) groups is 1. The van der Waals surface area contributed by atoms with Crippen LogP contribution in [-0.4, -0.2) is 58.8 Å². The molecule has 3 heterocycles. The largest absolute Gasteiger partial charge is 0.355 e. The Kier molecular flexibility index (Phi) is 9.40. The van der Waals surface area contributed by atoms with Crippen LogP contribution in [0.5, 0.6) is 0 Å². The molecular weight excluding hydrogens is 458 g/mol. The molecule has 0 bridgehead atoms. The van der Waals surface area contributed by atoms with E-state index in [4.69, 9.17) is 0 Å². The number of carbonyl (C=O) groups is 2. The van der Waals surface area contributed by atoms with Gasteiger partial charge < -0.3 is 15.1 Å². The lowest BCUT2D eigenvalue weighted by Crippen LogP contribution is -2.44. The molecule has 0 radical (unpaired) electrons. The lowest BCUT2D eigenvalue weighted by Gasteiger charge is -2.35. The van der Waals surface area contributed by atoms with E-state index >= 15 is 0 Å². The number of aromatic nitrogens is 2. The molecule has 2 aliphatic rings. The fraction of sp³-hybridized carbons (Fsp3) is 0.556. The maximum atomic E-state index is 12.8. The summed E-state index contributed by atoms with van der Waals surface area (Å²) in [5.74, 6) is 1.55. The van der Waals surface area contributed by atoms with Gasteiger partial charge in [-0.05, 0) is 74.8 Å². The van der Waals surface area contributed by atoms with Gasteiger partial charge in [-0.2, -0.15) is 0 Å². The van der Waals surface area contributed by atoms with Crippen LogP contribution in [0.1, 0.15) is 57.4 Å². The molecule has 2 aromatic rings. The Hall–Kier alpha value is -2.61. The van der Waals surface area contributed by atoms with Gasteiger partial charge in [0, 0.05) is 37.8 Å². The predicted molar refractivity (Wildman–Crippen MR) is 142 cm³/mol. The molecule has 0 unspecified atom stereocenters. The Bertz CT molecular complexity index is 953. The lowest BCUT2D eigenvalue weighted by molar-refractivity contribution is -0.137. The average molecular weight is 496 g/mol. The van der Waals surface area contributed by atoms with Crippen molar-refractivity contribution >= 4 is 35.1 Å². The highest BCUT2D eigenvalue weighted by Gasteiger charge is 2.29. The van der Waals surface area contributed by atoms with Crippen LogP contribution in [0.2, 0.25) is 0 Å². The third-order valence-corrected chi connectivity index (χ3v) is 7.79. The van der Waals surface area contributed by atoms with Gasteiger partial charge in [0.1, 0.15) is 5.03 Å². The van der Waals surface area contributed by atoms with Crippen molar-refractivity contribution in [3.63, 3.8) is 0 Å². The quantitative estimate of drug-likeness (QED) is 0.505. The molecule has 2 aliphatic heterocycles. The number of aryl methyl sites for hydroxylation is 1. The minimum absolute atomic E-state index is 0.0531. The molecule has 188 valence electrons. The first kappa shape index (κ1) is 25.5. The van der Waals surface area contributed by atoms with E-state index in [9.17, 15) is 9.59 Å². The second-order valence-electron chi connectivity index (χ2n) is 9.51. The molecule has 2 saturated heterocycles. The van der Waals surface area contributed by atoms with Gasteiger partial charge in [0.2, 0.25) is 11.8 Å². The molecule has 2 fully saturated rings. The predicted octanol–water partition coefficient (Wildman–Crippen LogP) is 4.78. The standard InChI is InChI=1S/C27H37N5O2S/c1-2-3-7-21-8-10-23(11-9-21)28-25(33)20-35-26-13-12-24(29-30-26)31-18-14-22(15-19-31)27(34)32-16-5-4-6-17-32/h8-13,22H,2-7,14-20H2,1H3,(H,28,33). The van der Waals surface area contributed by atoms with Crippen LogP contribution >= 0.6 is 11.8 Å². The molecule has 1 aromatic heterocycles. The highest BCUT2D eigenvalue weighted by molar-refractivity contribution is 7.99. The fourth-order valence-corrected chi connectivity index (χ4v) is 5.37. The summed E-state index contributed by atoms with van der Waals surface area (Å²) in [6, 6.07) is 12.0. The highest BCUT2D eigenvalue weighted by Crippen LogP contribution is 2.25. The topological polar surface area (TPSA) is 78.4 Å². The maximum Gasteiger partial charge on any atom is 0.234 e. The molecule has 0 saturated carbocycles. The van der Waals surface area contributed by atoms with Crippen LogP contribution in [-0.2, 0) is 16.0 Å². The van der Waals surface area contributed by atoms with Gasteiger partial charge in [0.25, 0.3) is 0 Å². The minimum Gasteiger partial charge on any atom is -0.355 e. The zero-order valence-corrected chi connectivity index (χ0v) is 21.6. The summed E-state index contributed by atoms with van der Waals surface area (Å²) in [4.78, 5) is 29.4. The van der Waals surface area contributed by atoms with E-state index in [1.54, 1.807) is 0 Å². The van der Waals surface area contributed by atoms with Crippen LogP contribution in [0, 0.1) is 5.92 Å². The van der Waals surface area contributed by atoms with Crippen molar-refractivity contribution < 1.29 is 9.59 Å². The third kappa shape index (κ3) is 7.43. The van der Waals surface area contributed by atoms with Gasteiger partial charge in [-0.1, -0.05) is 37.2 Å². The molecule has 0 spiro atoms. The van der Waals surface area contributed by atoms with Crippen molar-refractivity contribution in [1.82, 2.24) is 15.1 Å². The van der Waals surface area contributed by atoms with E-state index in [1.165, 1.54) is 36.6 Å². The monoisotopic (exact) mass is 495 g/mol. The van der Waals surface area contributed by atoms with E-state index in [2.05, 4.69) is 44.4 Å². The van der Waals surface area contributed by atoms with Gasteiger partial charge >= 0.3 is 0 Å². The van der Waals surface area contributed by atoms with Gasteiger partial charge in [-0.15, -0.1) is 10.2 Å². The number of hydrogen-bond acceptors (Lipinski definition) is 6. The number of anilines is 2. The van der Waals surface area contributed by atoms with E-state index in [0.717, 1.165) is 74.8 Å². The summed E-state index contributed by atoms with van der Waals surface area (Å²) in [5, 5.41) is 12.4. The van der Waals surface area contributed by atoms with E-state index < -0.39 is 0 Å². The number of benzene rings is 1. The first-order valence-electron chi connectivity index (χ1n) is 13.0. The second-order valence-corrected chi connectivity index (χ2v) is 10.5. The van der Waals surface area contributed by atoms with Crippen molar-refractivity contribution in [1.29, 1.82) is 0 Å². The van der Waals surface area contributed by atoms with Gasteiger partial charge in [-0.25, -0.2) is 0 Å². The van der Waals surface area contributed by atoms with Crippen molar-refractivity contribution in [2.75, 3.05) is 42.1 Å². The number of nitrogens with zero attached hydrogens (tertiary/aromatic N) is 4. The summed E-state index contributed by atoms with van der Waals surface area (Å²) in [7, 11) is 0. The maximum absolute atomic E-state index is 12.8. The second kappa shape index (κ2) is 12.9. The summed E-state index contributed by atoms with van der Waals surface area (Å²) < 4.78 is 0. The third-order valence-electron chi connectivity index (χ3n) is 6.87. The first-order valence-corrected chi connectivity index (χ1v) is 14.0. The Morgan fingerprint density at radius 3 is 2.37 bits per heavy atom. The van der Waals surface area contributed by atoms with Gasteiger partial charge in [-0.3, -0.25) is 9.59 Å². The molecule has 35 heavy (non-hydrogen) atoms. The van der Waals surface area contributed by atoms with Crippen LogP contribution in [0.3, 0.4) is 0 Å². The Morgan fingerprint density at radius 2 is 1.71 bits per heavy atom. The smallest absolute Gasteiger partial charge is 0.234 e. The molecule has 0 atom stereocenters.